The minimum atomic E-state index is -1.14. The summed E-state index contributed by atoms with van der Waals surface area (Å²) in [6.07, 6.45) is 0. The van der Waals surface area contributed by atoms with E-state index in [2.05, 4.69) is 5.32 Å². The van der Waals surface area contributed by atoms with Crippen LogP contribution in [0.25, 0.3) is 0 Å². The van der Waals surface area contributed by atoms with E-state index in [1.165, 1.54) is 57.7 Å². The molecule has 2 rings (SSSR count). The number of hydrogen-bond acceptors (Lipinski definition) is 5. The monoisotopic (exact) mass is 377 g/mol. The van der Waals surface area contributed by atoms with Crippen molar-refractivity contribution in [3.05, 3.63) is 53.3 Å². The van der Waals surface area contributed by atoms with Crippen molar-refractivity contribution in [3.8, 4) is 17.2 Å². The number of carboxylic acid groups (broad SMARTS) is 1. The summed E-state index contributed by atoms with van der Waals surface area (Å²) in [5.41, 5.74) is 0.543. The lowest BCUT2D eigenvalue weighted by Crippen LogP contribution is -2.32. The summed E-state index contributed by atoms with van der Waals surface area (Å²) in [4.78, 5) is 24.1. The van der Waals surface area contributed by atoms with Crippen LogP contribution in [0.3, 0.4) is 0 Å². The Bertz CT molecular complexity index is 822. The molecule has 27 heavy (non-hydrogen) atoms. The average molecular weight is 377 g/mol. The standard InChI is InChI=1S/C19H20FNO6/c1-25-15-9-17(27-3)16(26-2)8-13(15)18(22)21-10-14(19(23)24)11-4-6-12(20)7-5-11/h4-9,14H,10H2,1-3H3,(H,21,22)(H,23,24). The molecule has 2 N–H and O–H groups in total. The molecule has 7 nitrogen and oxygen atoms in total. The summed E-state index contributed by atoms with van der Waals surface area (Å²) < 4.78 is 28.6. The quantitative estimate of drug-likeness (QED) is 0.734. The van der Waals surface area contributed by atoms with E-state index in [9.17, 15) is 19.1 Å². The fourth-order valence-corrected chi connectivity index (χ4v) is 2.54. The predicted molar refractivity (Wildman–Crippen MR) is 95.2 cm³/mol. The SMILES string of the molecule is COc1cc(OC)c(C(=O)NCC(C(=O)O)c2ccc(F)cc2)cc1OC. The summed E-state index contributed by atoms with van der Waals surface area (Å²) in [6, 6.07) is 8.03. The van der Waals surface area contributed by atoms with E-state index in [4.69, 9.17) is 14.2 Å². The highest BCUT2D eigenvalue weighted by Gasteiger charge is 2.23. The molecule has 0 saturated carbocycles. The molecule has 1 atom stereocenters. The van der Waals surface area contributed by atoms with Crippen LogP contribution in [0.4, 0.5) is 4.39 Å². The molecular weight excluding hydrogens is 357 g/mol. The molecule has 2 aromatic rings. The molecule has 0 saturated heterocycles. The molecule has 0 aliphatic carbocycles. The number of carbonyl (C=O) groups is 2. The maximum Gasteiger partial charge on any atom is 0.312 e. The first-order valence-corrected chi connectivity index (χ1v) is 7.97. The van der Waals surface area contributed by atoms with Gasteiger partial charge in [0.25, 0.3) is 5.91 Å². The van der Waals surface area contributed by atoms with E-state index in [1.54, 1.807) is 0 Å². The van der Waals surface area contributed by atoms with Gasteiger partial charge in [0.15, 0.2) is 11.5 Å². The lowest BCUT2D eigenvalue weighted by Gasteiger charge is -2.16. The molecule has 0 aromatic heterocycles. The highest BCUT2D eigenvalue weighted by atomic mass is 19.1. The molecule has 0 spiro atoms. The zero-order chi connectivity index (χ0) is 20.0. The van der Waals surface area contributed by atoms with Crippen LogP contribution in [0.1, 0.15) is 21.8 Å². The molecule has 144 valence electrons. The molecule has 0 heterocycles. The van der Waals surface area contributed by atoms with E-state index in [0.717, 1.165) is 0 Å². The van der Waals surface area contributed by atoms with E-state index in [0.29, 0.717) is 17.1 Å². The van der Waals surface area contributed by atoms with Gasteiger partial charge in [-0.15, -0.1) is 0 Å². The van der Waals surface area contributed by atoms with Crippen molar-refractivity contribution in [2.75, 3.05) is 27.9 Å². The maximum absolute atomic E-state index is 13.1. The summed E-state index contributed by atoms with van der Waals surface area (Å²) in [6.45, 7) is -0.183. The molecular formula is C19H20FNO6. The van der Waals surface area contributed by atoms with Crippen molar-refractivity contribution < 1.29 is 33.3 Å². The van der Waals surface area contributed by atoms with Gasteiger partial charge in [-0.05, 0) is 17.7 Å². The smallest absolute Gasteiger partial charge is 0.312 e. The second kappa shape index (κ2) is 8.88. The van der Waals surface area contributed by atoms with Crippen LogP contribution in [0, 0.1) is 5.82 Å². The largest absolute Gasteiger partial charge is 0.496 e. The topological polar surface area (TPSA) is 94.1 Å². The number of aliphatic carboxylic acids is 1. The number of nitrogens with one attached hydrogen (secondary N) is 1. The maximum atomic E-state index is 13.1. The number of benzene rings is 2. The van der Waals surface area contributed by atoms with Crippen LogP contribution in [0.5, 0.6) is 17.2 Å². The Morgan fingerprint density at radius 3 is 2.07 bits per heavy atom. The normalized spacial score (nSPS) is 11.4. The number of halogens is 1. The molecule has 0 radical (unpaired) electrons. The van der Waals surface area contributed by atoms with E-state index >= 15 is 0 Å². The van der Waals surface area contributed by atoms with Crippen molar-refractivity contribution in [1.29, 1.82) is 0 Å². The number of hydrogen-bond donors (Lipinski definition) is 2. The number of rotatable bonds is 8. The minimum absolute atomic E-state index is 0.165. The molecule has 8 heteroatoms. The molecule has 1 unspecified atom stereocenters. The van der Waals surface area contributed by atoms with Crippen LogP contribution < -0.4 is 19.5 Å². The van der Waals surface area contributed by atoms with Gasteiger partial charge in [-0.3, -0.25) is 9.59 Å². The second-order valence-corrected chi connectivity index (χ2v) is 5.56. The first-order valence-electron chi connectivity index (χ1n) is 7.97. The number of methoxy groups -OCH3 is 3. The van der Waals surface area contributed by atoms with Crippen molar-refractivity contribution in [2.24, 2.45) is 0 Å². The van der Waals surface area contributed by atoms with Crippen LogP contribution in [0.15, 0.2) is 36.4 Å². The van der Waals surface area contributed by atoms with Gasteiger partial charge in [-0.2, -0.15) is 0 Å². The summed E-state index contributed by atoms with van der Waals surface area (Å²) in [5.74, 6) is -2.21. The van der Waals surface area contributed by atoms with E-state index < -0.39 is 23.6 Å². The Hall–Kier alpha value is -3.29. The van der Waals surface area contributed by atoms with Gasteiger partial charge in [0.1, 0.15) is 11.6 Å². The van der Waals surface area contributed by atoms with Crippen LogP contribution >= 0.6 is 0 Å². The van der Waals surface area contributed by atoms with Gasteiger partial charge in [0.05, 0.1) is 32.8 Å². The highest BCUT2D eigenvalue weighted by molar-refractivity contribution is 5.98. The van der Waals surface area contributed by atoms with Gasteiger partial charge < -0.3 is 24.6 Å². The number of carboxylic acids is 1. The lowest BCUT2D eigenvalue weighted by molar-refractivity contribution is -0.138. The minimum Gasteiger partial charge on any atom is -0.496 e. The zero-order valence-corrected chi connectivity index (χ0v) is 15.1. The Morgan fingerprint density at radius 2 is 1.56 bits per heavy atom. The number of amides is 1. The van der Waals surface area contributed by atoms with Crippen molar-refractivity contribution in [1.82, 2.24) is 5.32 Å². The molecule has 0 aliphatic rings. The van der Waals surface area contributed by atoms with Gasteiger partial charge >= 0.3 is 5.97 Å². The number of ether oxygens (including phenoxy) is 3. The van der Waals surface area contributed by atoms with Crippen molar-refractivity contribution in [2.45, 2.75) is 5.92 Å². The fourth-order valence-electron chi connectivity index (χ4n) is 2.54. The Morgan fingerprint density at radius 1 is 1.00 bits per heavy atom. The molecule has 1 amide bonds. The van der Waals surface area contributed by atoms with Gasteiger partial charge in [-0.1, -0.05) is 12.1 Å². The molecule has 0 aliphatic heterocycles. The fraction of sp³-hybridized carbons (Fsp3) is 0.263. The van der Waals surface area contributed by atoms with Crippen molar-refractivity contribution in [3.63, 3.8) is 0 Å². The Kier molecular flexibility index (Phi) is 6.59. The van der Waals surface area contributed by atoms with Gasteiger partial charge in [0, 0.05) is 18.7 Å². The number of carbonyl (C=O) groups excluding carboxylic acids is 1. The van der Waals surface area contributed by atoms with Crippen LogP contribution in [-0.2, 0) is 4.79 Å². The molecule has 0 fully saturated rings. The third-order valence-corrected chi connectivity index (χ3v) is 3.99. The molecule has 0 bridgehead atoms. The third kappa shape index (κ3) is 4.66. The van der Waals surface area contributed by atoms with E-state index in [1.807, 2.05) is 0 Å². The first kappa shape index (κ1) is 20.0. The third-order valence-electron chi connectivity index (χ3n) is 3.99. The van der Waals surface area contributed by atoms with Gasteiger partial charge in [0.2, 0.25) is 0 Å². The highest BCUT2D eigenvalue weighted by Crippen LogP contribution is 2.34. The first-order chi connectivity index (χ1) is 12.9. The predicted octanol–water partition coefficient (Wildman–Crippen LogP) is 2.45. The molecule has 2 aromatic carbocycles. The summed E-state index contributed by atoms with van der Waals surface area (Å²) >= 11 is 0. The summed E-state index contributed by atoms with van der Waals surface area (Å²) in [7, 11) is 4.29. The lowest BCUT2D eigenvalue weighted by atomic mass is 9.99. The van der Waals surface area contributed by atoms with E-state index in [-0.39, 0.29) is 17.9 Å². The zero-order valence-electron chi connectivity index (χ0n) is 15.1. The average Bonchev–Trinajstić information content (AvgIpc) is 2.67. The summed E-state index contributed by atoms with van der Waals surface area (Å²) in [5, 5.41) is 12.0. The Balaban J connectivity index is 2.22. The second-order valence-electron chi connectivity index (χ2n) is 5.56. The van der Waals surface area contributed by atoms with Crippen LogP contribution in [0.2, 0.25) is 0 Å². The van der Waals surface area contributed by atoms with Gasteiger partial charge in [-0.25, -0.2) is 4.39 Å². The Labute approximate surface area is 155 Å². The van der Waals surface area contributed by atoms with Crippen molar-refractivity contribution >= 4 is 11.9 Å². The van der Waals surface area contributed by atoms with Crippen LogP contribution in [-0.4, -0.2) is 44.9 Å².